The lowest BCUT2D eigenvalue weighted by atomic mass is 10.0. The average Bonchev–Trinajstić information content (AvgIpc) is 0.876. The van der Waals surface area contributed by atoms with Crippen LogP contribution in [-0.4, -0.2) is 185 Å². The zero-order valence-electron chi connectivity index (χ0n) is 70.8. The minimum absolute atomic E-state index is 0.00737. The van der Waals surface area contributed by atoms with Gasteiger partial charge in [-0.25, -0.2) is 28.8 Å². The number of carboxylic acid groups (broad SMARTS) is 1. The van der Waals surface area contributed by atoms with Crippen molar-refractivity contribution in [2.24, 2.45) is 5.73 Å². The van der Waals surface area contributed by atoms with E-state index in [1.165, 1.54) is 97.1 Å². The van der Waals surface area contributed by atoms with Crippen molar-refractivity contribution >= 4 is 150 Å². The Hall–Kier alpha value is -13.6. The predicted octanol–water partition coefficient (Wildman–Crippen LogP) is 13.2. The number of nitrogens with two attached hydrogens (primary N) is 1. The molecular weight excluding hydrogens is 1790 g/mol. The van der Waals surface area contributed by atoms with Gasteiger partial charge in [0.2, 0.25) is 0 Å². The van der Waals surface area contributed by atoms with E-state index in [2.05, 4.69) is 68.0 Å². The fraction of sp³-hybridized carbons (Fsp3) is 0.395. The smallest absolute Gasteiger partial charge is 0.408 e. The van der Waals surface area contributed by atoms with E-state index in [9.17, 15) is 98.5 Å². The summed E-state index contributed by atoms with van der Waals surface area (Å²) in [5, 5.41) is 74.6. The molecule has 8 N–H and O–H groups in total. The molecule has 0 heterocycles. The second-order valence-corrected chi connectivity index (χ2v) is 32.8. The molecule has 0 unspecified atom stereocenters. The number of halogens is 2. The van der Waals surface area contributed by atoms with Crippen molar-refractivity contribution in [1.82, 2.24) is 26.6 Å². The molecule has 0 aliphatic heterocycles. The number of alkyl halides is 2. The Morgan fingerprint density at radius 3 is 0.736 bits per heavy atom. The third-order valence-corrected chi connectivity index (χ3v) is 16.2. The van der Waals surface area contributed by atoms with Gasteiger partial charge in [-0.05, 0) is 145 Å². The molecule has 0 fully saturated rings. The number of amides is 5. The van der Waals surface area contributed by atoms with Crippen molar-refractivity contribution in [2.75, 3.05) is 10.7 Å². The van der Waals surface area contributed by atoms with Crippen LogP contribution in [0.2, 0.25) is 0 Å². The molecule has 0 aliphatic carbocycles. The normalized spacial score (nSPS) is 11.9. The quantitative estimate of drug-likeness (QED) is 0.00322. The summed E-state index contributed by atoms with van der Waals surface area (Å²) in [6, 6.07) is 33.0. The zero-order valence-corrected chi connectivity index (χ0v) is 74.8. The number of nitrogens with zero attached hydrogens (tertiary/aromatic N) is 9. The number of carbonyl (C=O) groups excluding carboxylic acids is 9. The Balaban J connectivity index is 0.000000761. The predicted molar refractivity (Wildman–Crippen MR) is 467 cm³/mol. The maximum Gasteiger partial charge on any atom is 0.408 e. The Morgan fingerprint density at radius 1 is 0.376 bits per heavy atom. The number of hydrogen-bond donors (Lipinski definition) is 7. The number of benzene rings is 6. The number of thiocarbonyl (C=S) groups is 1. The first kappa shape index (κ1) is 109. The van der Waals surface area contributed by atoms with Crippen LogP contribution < -0.4 is 32.3 Å². The number of ether oxygens (including phenoxy) is 5. The van der Waals surface area contributed by atoms with Crippen LogP contribution in [0.5, 0.6) is 0 Å². The molecule has 5 amide bonds. The monoisotopic (exact) mass is 1890 g/mol. The zero-order chi connectivity index (χ0) is 95.5. The van der Waals surface area contributed by atoms with Crippen LogP contribution in [-0.2, 0) is 79.8 Å². The third kappa shape index (κ3) is 48.6. The number of ketones is 4. The van der Waals surface area contributed by atoms with E-state index in [1.807, 2.05) is 30.3 Å². The minimum atomic E-state index is -1.22. The van der Waals surface area contributed by atoms with Gasteiger partial charge in [0.15, 0.2) is 11.6 Å². The van der Waals surface area contributed by atoms with E-state index in [0.29, 0.717) is 45.2 Å². The maximum absolute atomic E-state index is 12.0. The van der Waals surface area contributed by atoms with Crippen molar-refractivity contribution in [1.29, 1.82) is 0 Å². The first-order valence-electron chi connectivity index (χ1n) is 37.2. The standard InChI is InChI=1S/2C15H19BrN2O5.2C15H18N4O5.C14H18N2O6.C7H7NS/c2*1-15(2,3)23-14(20)17-12(13(19)9-16)8-10-4-6-11(7-5-10)18(21)22;2*1-15(2,3)24-14(21)18-12(13(20)9-17-16)8-10-4-6-11(7-5-10)19(22)23;1-14(2,3)22-13(19)15-11(12(17)18)8-9-4-6-10(7-5-9)16(20)21;8-7(9)6-4-2-1-3-5-6/h2*4-7,12H,8-9H2,1-3H3,(H,17,20);2*4-7,9,12H,8H2,1-3H3,(H,18,21);4-7,11H,8H2,1-3H3,(H,15,19)(H,17,18);1-5H,(H2,8,9)/t4*12-;11-;/m00000./s1. The summed E-state index contributed by atoms with van der Waals surface area (Å²) in [5.41, 5.74) is 22.5. The largest absolute Gasteiger partial charge is 0.480 e. The van der Waals surface area contributed by atoms with Gasteiger partial charge in [-0.1, -0.05) is 135 Å². The van der Waals surface area contributed by atoms with Crippen LogP contribution in [0.3, 0.4) is 0 Å². The van der Waals surface area contributed by atoms with Gasteiger partial charge in [-0.3, -0.25) is 69.7 Å². The van der Waals surface area contributed by atoms with E-state index < -0.39 is 131 Å². The third-order valence-electron chi connectivity index (χ3n) is 14.8. The van der Waals surface area contributed by atoms with Crippen LogP contribution in [0.25, 0.3) is 11.1 Å². The lowest BCUT2D eigenvalue weighted by molar-refractivity contribution is -0.385. The number of aliphatic carboxylic acids is 1. The van der Waals surface area contributed by atoms with Crippen molar-refractivity contribution in [3.05, 3.63) is 247 Å². The van der Waals surface area contributed by atoms with E-state index >= 15 is 0 Å². The van der Waals surface area contributed by atoms with Crippen molar-refractivity contribution in [2.45, 2.75) is 194 Å². The lowest BCUT2D eigenvalue weighted by Crippen LogP contribution is -2.45. The molecule has 41 nitrogen and oxygen atoms in total. The van der Waals surface area contributed by atoms with E-state index in [0.717, 1.165) is 5.56 Å². The van der Waals surface area contributed by atoms with Crippen LogP contribution in [0.1, 0.15) is 137 Å². The fourth-order valence-electron chi connectivity index (χ4n) is 9.42. The number of carboxylic acids is 1. The molecule has 0 radical (unpaired) electrons. The van der Waals surface area contributed by atoms with E-state index in [4.69, 9.17) is 57.8 Å². The second-order valence-electron chi connectivity index (χ2n) is 31.2. The summed E-state index contributed by atoms with van der Waals surface area (Å²) in [7, 11) is 0. The SMILES string of the molecule is CC(C)(C)OC(=O)N[C@@H](Cc1ccc([N+](=O)[O-])cc1)C(=O)C=[N+]=[N-].CC(C)(C)OC(=O)N[C@@H](Cc1ccc([N+](=O)[O-])cc1)C(=O)C=[N+]=[N-].CC(C)(C)OC(=O)N[C@@H](Cc1ccc([N+](=O)[O-])cc1)C(=O)CBr.CC(C)(C)OC(=O)N[C@@H](Cc1ccc([N+](=O)[O-])cc1)C(=O)CBr.CC(C)(C)OC(=O)N[C@@H](Cc1ccc([N+](=O)[O-])cc1)C(=O)O.NC(=S)c1ccccc1. The van der Waals surface area contributed by atoms with Gasteiger partial charge >= 0.3 is 48.9 Å². The number of carbonyl (C=O) groups is 10. The highest BCUT2D eigenvalue weighted by molar-refractivity contribution is 9.09. The molecule has 0 spiro atoms. The lowest BCUT2D eigenvalue weighted by Gasteiger charge is -2.23. The molecule has 0 bridgehead atoms. The molecule has 0 saturated carbocycles. The number of non-ortho nitro benzene ring substituents is 5. The Bertz CT molecular complexity index is 4590. The van der Waals surface area contributed by atoms with Gasteiger partial charge in [0.05, 0.1) is 47.4 Å². The summed E-state index contributed by atoms with van der Waals surface area (Å²) < 4.78 is 25.5. The van der Waals surface area contributed by atoms with Crippen LogP contribution in [0, 0.1) is 50.6 Å². The molecule has 674 valence electrons. The first-order valence-corrected chi connectivity index (χ1v) is 39.8. The van der Waals surface area contributed by atoms with Crippen LogP contribution in [0.4, 0.5) is 52.4 Å². The minimum Gasteiger partial charge on any atom is -0.480 e. The fourth-order valence-corrected chi connectivity index (χ4v) is 10.3. The number of nitro benzene ring substituents is 5. The van der Waals surface area contributed by atoms with Crippen LogP contribution in [0.15, 0.2) is 152 Å². The van der Waals surface area contributed by atoms with Crippen molar-refractivity contribution < 1.29 is 111 Å². The second kappa shape index (κ2) is 52.7. The number of rotatable bonds is 30. The summed E-state index contributed by atoms with van der Waals surface area (Å²) in [6.07, 6.45) is -1.89. The molecule has 6 aromatic carbocycles. The average molecular weight is 1890 g/mol. The molecule has 0 aliphatic rings. The summed E-state index contributed by atoms with van der Waals surface area (Å²) >= 11 is 10.9. The molecule has 44 heteroatoms. The maximum atomic E-state index is 12.0. The van der Waals surface area contributed by atoms with Crippen LogP contribution >= 0.6 is 44.1 Å². The molecule has 0 saturated heterocycles. The van der Waals surface area contributed by atoms with Crippen molar-refractivity contribution in [3.8, 4) is 0 Å². The van der Waals surface area contributed by atoms with Gasteiger partial charge in [0.25, 0.3) is 40.0 Å². The Labute approximate surface area is 740 Å². The molecule has 6 aromatic rings. The summed E-state index contributed by atoms with van der Waals surface area (Å²) in [6.45, 7) is 25.4. The summed E-state index contributed by atoms with van der Waals surface area (Å²) in [4.78, 5) is 174. The Morgan fingerprint density at radius 2 is 0.568 bits per heavy atom. The highest BCUT2D eigenvalue weighted by Gasteiger charge is 2.31. The first-order chi connectivity index (χ1) is 57.9. The number of nitro groups is 5. The van der Waals surface area contributed by atoms with Gasteiger partial charge in [-0.2, -0.15) is 9.58 Å². The Kier molecular flexibility index (Phi) is 46.1. The highest BCUT2D eigenvalue weighted by Crippen LogP contribution is 2.21. The van der Waals surface area contributed by atoms with Gasteiger partial charge in [0, 0.05) is 85.5 Å². The molecule has 125 heavy (non-hydrogen) atoms. The molecule has 0 aromatic heterocycles. The van der Waals surface area contributed by atoms with E-state index in [-0.39, 0.29) is 82.8 Å². The number of alkyl carbamates (subject to hydrolysis) is 5. The highest BCUT2D eigenvalue weighted by atomic mass is 79.9. The van der Waals surface area contributed by atoms with E-state index in [1.54, 1.807) is 128 Å². The molecule has 5 atom stereocenters. The number of hydrogen-bond acceptors (Lipinski definition) is 26. The summed E-state index contributed by atoms with van der Waals surface area (Å²) in [5.74, 6) is -2.92. The van der Waals surface area contributed by atoms with Gasteiger partial charge < -0.3 is 72.2 Å². The van der Waals surface area contributed by atoms with Crippen molar-refractivity contribution in [3.63, 3.8) is 0 Å². The van der Waals surface area contributed by atoms with Gasteiger partial charge in [-0.15, -0.1) is 0 Å². The van der Waals surface area contributed by atoms with Gasteiger partial charge in [0.1, 0.15) is 51.1 Å². The molecular formula is C81H99Br2N15O26S. The molecule has 6 rings (SSSR count). The number of Topliss-reactive ketones (excluding diaryl/α,β-unsaturated/α-hetero) is 4. The number of nitrogens with one attached hydrogen (secondary N) is 5. The topological polar surface area (TPSA) is 612 Å².